The SMILES string of the molecule is Cc1cc(C(C)(C)O)ccc1Br. The Morgan fingerprint density at radius 2 is 1.92 bits per heavy atom. The van der Waals surface area contributed by atoms with Crippen LogP contribution >= 0.6 is 15.9 Å². The first-order valence-corrected chi connectivity index (χ1v) is 4.69. The van der Waals surface area contributed by atoms with Gasteiger partial charge in [-0.1, -0.05) is 28.1 Å². The topological polar surface area (TPSA) is 20.2 Å². The molecule has 0 aliphatic rings. The van der Waals surface area contributed by atoms with Crippen molar-refractivity contribution < 1.29 is 5.11 Å². The van der Waals surface area contributed by atoms with E-state index in [4.69, 9.17) is 0 Å². The zero-order valence-corrected chi connectivity index (χ0v) is 9.14. The van der Waals surface area contributed by atoms with Gasteiger partial charge >= 0.3 is 0 Å². The second kappa shape index (κ2) is 3.19. The molecule has 0 aromatic heterocycles. The van der Waals surface area contributed by atoms with E-state index in [0.29, 0.717) is 0 Å². The van der Waals surface area contributed by atoms with Crippen molar-refractivity contribution in [1.29, 1.82) is 0 Å². The number of rotatable bonds is 1. The number of aliphatic hydroxyl groups is 1. The van der Waals surface area contributed by atoms with E-state index in [0.717, 1.165) is 15.6 Å². The largest absolute Gasteiger partial charge is 0.386 e. The Labute approximate surface area is 81.6 Å². The summed E-state index contributed by atoms with van der Waals surface area (Å²) >= 11 is 3.41. The minimum absolute atomic E-state index is 0.745. The predicted molar refractivity (Wildman–Crippen MR) is 54.1 cm³/mol. The van der Waals surface area contributed by atoms with Crippen LogP contribution in [0, 0.1) is 6.92 Å². The summed E-state index contributed by atoms with van der Waals surface area (Å²) in [6.07, 6.45) is 0. The molecule has 0 saturated heterocycles. The van der Waals surface area contributed by atoms with Crippen LogP contribution in [0.5, 0.6) is 0 Å². The highest BCUT2D eigenvalue weighted by atomic mass is 79.9. The minimum Gasteiger partial charge on any atom is -0.386 e. The monoisotopic (exact) mass is 228 g/mol. The van der Waals surface area contributed by atoms with Crippen molar-refractivity contribution in [3.8, 4) is 0 Å². The van der Waals surface area contributed by atoms with E-state index < -0.39 is 5.60 Å². The smallest absolute Gasteiger partial charge is 0.0840 e. The lowest BCUT2D eigenvalue weighted by Gasteiger charge is -2.18. The number of hydrogen-bond acceptors (Lipinski definition) is 1. The predicted octanol–water partition coefficient (Wildman–Crippen LogP) is 2.98. The average Bonchev–Trinajstić information content (AvgIpc) is 1.92. The molecule has 0 spiro atoms. The highest BCUT2D eigenvalue weighted by Crippen LogP contribution is 2.24. The normalized spacial score (nSPS) is 11.8. The molecule has 1 rings (SSSR count). The van der Waals surface area contributed by atoms with E-state index >= 15 is 0 Å². The lowest BCUT2D eigenvalue weighted by molar-refractivity contribution is 0.0785. The Morgan fingerprint density at radius 1 is 1.33 bits per heavy atom. The number of halogens is 1. The molecule has 0 heterocycles. The van der Waals surface area contributed by atoms with Crippen molar-refractivity contribution in [2.75, 3.05) is 0 Å². The van der Waals surface area contributed by atoms with Crippen molar-refractivity contribution in [1.82, 2.24) is 0 Å². The highest BCUT2D eigenvalue weighted by Gasteiger charge is 2.15. The molecule has 0 aliphatic heterocycles. The number of hydrogen-bond donors (Lipinski definition) is 1. The molecule has 0 bridgehead atoms. The molecule has 0 unspecified atom stereocenters. The molecular weight excluding hydrogens is 216 g/mol. The van der Waals surface area contributed by atoms with Gasteiger partial charge in [0.2, 0.25) is 0 Å². The Balaban J connectivity index is 3.14. The highest BCUT2D eigenvalue weighted by molar-refractivity contribution is 9.10. The molecule has 2 heteroatoms. The third-order valence-corrected chi connectivity index (χ3v) is 2.75. The van der Waals surface area contributed by atoms with E-state index in [-0.39, 0.29) is 0 Å². The van der Waals surface area contributed by atoms with Crippen LogP contribution in [-0.4, -0.2) is 5.11 Å². The van der Waals surface area contributed by atoms with Crippen molar-refractivity contribution in [2.24, 2.45) is 0 Å². The summed E-state index contributed by atoms with van der Waals surface area (Å²) in [4.78, 5) is 0. The van der Waals surface area contributed by atoms with Crippen LogP contribution in [0.3, 0.4) is 0 Å². The summed E-state index contributed by atoms with van der Waals surface area (Å²) in [7, 11) is 0. The lowest BCUT2D eigenvalue weighted by Crippen LogP contribution is -2.15. The first-order chi connectivity index (χ1) is 5.41. The quantitative estimate of drug-likeness (QED) is 0.784. The fourth-order valence-electron chi connectivity index (χ4n) is 1.03. The summed E-state index contributed by atoms with van der Waals surface area (Å²) in [5, 5.41) is 9.69. The third kappa shape index (κ3) is 2.08. The molecule has 0 fully saturated rings. The maximum atomic E-state index is 9.69. The molecule has 1 aromatic carbocycles. The molecular formula is C10H13BrO. The van der Waals surface area contributed by atoms with Gasteiger partial charge in [-0.25, -0.2) is 0 Å². The first kappa shape index (κ1) is 9.75. The maximum Gasteiger partial charge on any atom is 0.0840 e. The average molecular weight is 229 g/mol. The van der Waals surface area contributed by atoms with Gasteiger partial charge in [0.15, 0.2) is 0 Å². The van der Waals surface area contributed by atoms with Gasteiger partial charge in [0.1, 0.15) is 0 Å². The Kier molecular flexibility index (Phi) is 2.59. The summed E-state index contributed by atoms with van der Waals surface area (Å²) in [6, 6.07) is 5.88. The fourth-order valence-corrected chi connectivity index (χ4v) is 1.27. The molecule has 0 aliphatic carbocycles. The Morgan fingerprint density at radius 3 is 2.33 bits per heavy atom. The molecule has 0 radical (unpaired) electrons. The van der Waals surface area contributed by atoms with Crippen LogP contribution < -0.4 is 0 Å². The van der Waals surface area contributed by atoms with E-state index in [1.807, 2.05) is 25.1 Å². The summed E-state index contributed by atoms with van der Waals surface area (Å²) in [6.45, 7) is 5.59. The summed E-state index contributed by atoms with van der Waals surface area (Å²) < 4.78 is 1.08. The van der Waals surface area contributed by atoms with Gasteiger partial charge in [-0.15, -0.1) is 0 Å². The van der Waals surface area contributed by atoms with E-state index in [9.17, 15) is 5.11 Å². The second-order valence-corrected chi connectivity index (χ2v) is 4.38. The summed E-state index contributed by atoms with van der Waals surface area (Å²) in [5.41, 5.74) is 1.35. The van der Waals surface area contributed by atoms with Gasteiger partial charge in [0.05, 0.1) is 5.60 Å². The van der Waals surface area contributed by atoms with Crippen molar-refractivity contribution in [2.45, 2.75) is 26.4 Å². The molecule has 0 saturated carbocycles. The molecule has 1 aromatic rings. The fraction of sp³-hybridized carbons (Fsp3) is 0.400. The van der Waals surface area contributed by atoms with E-state index in [1.165, 1.54) is 0 Å². The molecule has 12 heavy (non-hydrogen) atoms. The van der Waals surface area contributed by atoms with Crippen molar-refractivity contribution in [3.63, 3.8) is 0 Å². The van der Waals surface area contributed by atoms with Crippen LogP contribution in [0.4, 0.5) is 0 Å². The molecule has 1 N–H and O–H groups in total. The van der Waals surface area contributed by atoms with E-state index in [1.54, 1.807) is 13.8 Å². The Hall–Kier alpha value is -0.340. The minimum atomic E-state index is -0.745. The standard InChI is InChI=1S/C10H13BrO/c1-7-6-8(10(2,3)12)4-5-9(7)11/h4-6,12H,1-3H3. The van der Waals surface area contributed by atoms with Crippen LogP contribution in [0.2, 0.25) is 0 Å². The third-order valence-electron chi connectivity index (χ3n) is 1.86. The van der Waals surface area contributed by atoms with Gasteiger partial charge in [-0.3, -0.25) is 0 Å². The summed E-state index contributed by atoms with van der Waals surface area (Å²) in [5.74, 6) is 0. The number of benzene rings is 1. The zero-order valence-electron chi connectivity index (χ0n) is 7.56. The van der Waals surface area contributed by atoms with Gasteiger partial charge in [0, 0.05) is 4.47 Å². The Bertz CT molecular complexity index is 286. The molecule has 1 nitrogen and oxygen atoms in total. The van der Waals surface area contributed by atoms with Crippen LogP contribution in [-0.2, 0) is 5.60 Å². The van der Waals surface area contributed by atoms with Gasteiger partial charge in [0.25, 0.3) is 0 Å². The molecule has 66 valence electrons. The van der Waals surface area contributed by atoms with Gasteiger partial charge in [-0.2, -0.15) is 0 Å². The van der Waals surface area contributed by atoms with Gasteiger partial charge in [-0.05, 0) is 38.0 Å². The first-order valence-electron chi connectivity index (χ1n) is 3.90. The molecule has 0 atom stereocenters. The molecule has 0 amide bonds. The van der Waals surface area contributed by atoms with Crippen molar-refractivity contribution >= 4 is 15.9 Å². The maximum absolute atomic E-state index is 9.69. The lowest BCUT2D eigenvalue weighted by atomic mass is 9.97. The van der Waals surface area contributed by atoms with Crippen LogP contribution in [0.15, 0.2) is 22.7 Å². The van der Waals surface area contributed by atoms with Gasteiger partial charge < -0.3 is 5.11 Å². The van der Waals surface area contributed by atoms with Crippen LogP contribution in [0.1, 0.15) is 25.0 Å². The van der Waals surface area contributed by atoms with Crippen molar-refractivity contribution in [3.05, 3.63) is 33.8 Å². The van der Waals surface area contributed by atoms with E-state index in [2.05, 4.69) is 15.9 Å². The number of aryl methyl sites for hydroxylation is 1. The van der Waals surface area contributed by atoms with Crippen LogP contribution in [0.25, 0.3) is 0 Å². The zero-order chi connectivity index (χ0) is 9.35. The second-order valence-electron chi connectivity index (χ2n) is 3.52.